The van der Waals surface area contributed by atoms with Gasteiger partial charge in [0.2, 0.25) is 0 Å². The van der Waals surface area contributed by atoms with E-state index in [4.69, 9.17) is 52.1 Å². The van der Waals surface area contributed by atoms with Gasteiger partial charge in [-0.15, -0.1) is 0 Å². The van der Waals surface area contributed by atoms with Crippen molar-refractivity contribution in [2.24, 2.45) is 23.7 Å². The summed E-state index contributed by atoms with van der Waals surface area (Å²) in [5.41, 5.74) is 1.49. The van der Waals surface area contributed by atoms with Crippen LogP contribution in [0.1, 0.15) is 263 Å². The smallest absolute Gasteiger partial charge is 0.343 e. The number of ether oxygens (including phenoxy) is 11. The minimum Gasteiger partial charge on any atom is -0.494 e. The maximum Gasteiger partial charge on any atom is 0.343 e. The second-order valence-electron chi connectivity index (χ2n) is 28.1. The van der Waals surface area contributed by atoms with Crippen LogP contribution >= 0.6 is 0 Å². The van der Waals surface area contributed by atoms with Crippen LogP contribution in [-0.2, 0) is 42.9 Å². The summed E-state index contributed by atoms with van der Waals surface area (Å²) in [5.74, 6) is 2.53. The highest BCUT2D eigenvalue weighted by Gasteiger charge is 2.34. The minimum absolute atomic E-state index is 0.0320. The molecule has 0 aromatic heterocycles. The number of carbonyl (C=O) groups is 8. The van der Waals surface area contributed by atoms with Gasteiger partial charge in [-0.3, -0.25) is 19.2 Å². The van der Waals surface area contributed by atoms with Crippen LogP contribution in [0.3, 0.4) is 0 Å². The largest absolute Gasteiger partial charge is 0.494 e. The number of benzene rings is 5. The molecule has 0 saturated heterocycles. The molecule has 2 saturated carbocycles. The quantitative estimate of drug-likeness (QED) is 0.0116. The Morgan fingerprint density at radius 3 is 0.981 bits per heavy atom. The van der Waals surface area contributed by atoms with E-state index < -0.39 is 29.8 Å². The average molecular weight is 1460 g/mol. The fourth-order valence-corrected chi connectivity index (χ4v) is 13.1. The van der Waals surface area contributed by atoms with E-state index in [1.165, 1.54) is 51.4 Å². The molecule has 106 heavy (non-hydrogen) atoms. The van der Waals surface area contributed by atoms with Crippen molar-refractivity contribution in [2.45, 2.75) is 232 Å². The molecule has 7 rings (SSSR count). The normalized spacial score (nSPS) is 15.4. The summed E-state index contributed by atoms with van der Waals surface area (Å²) in [4.78, 5) is 99.7. The third-order valence-electron chi connectivity index (χ3n) is 19.5. The molecule has 0 atom stereocenters. The van der Waals surface area contributed by atoms with E-state index in [9.17, 15) is 38.4 Å². The van der Waals surface area contributed by atoms with Gasteiger partial charge < -0.3 is 52.1 Å². The second-order valence-corrected chi connectivity index (χ2v) is 28.1. The Hall–Kier alpha value is -9.00. The maximum atomic E-state index is 13.1. The van der Waals surface area contributed by atoms with Gasteiger partial charge in [0.25, 0.3) is 0 Å². The molecule has 576 valence electrons. The van der Waals surface area contributed by atoms with E-state index in [0.29, 0.717) is 128 Å². The number of carbonyl (C=O) groups excluding carboxylic acids is 8. The van der Waals surface area contributed by atoms with Crippen LogP contribution in [0, 0.1) is 23.7 Å². The zero-order valence-corrected chi connectivity index (χ0v) is 62.8. The van der Waals surface area contributed by atoms with Gasteiger partial charge in [0, 0.05) is 12.0 Å². The molecule has 0 heterocycles. The van der Waals surface area contributed by atoms with Gasteiger partial charge in [-0.05, 0) is 255 Å². The Morgan fingerprint density at radius 2 is 0.623 bits per heavy atom. The van der Waals surface area contributed by atoms with E-state index in [-0.39, 0.29) is 43.3 Å². The topological polar surface area (TPSA) is 238 Å². The fraction of sp³-hybridized carbons (Fsp3) is 0.540. The van der Waals surface area contributed by atoms with E-state index in [1.807, 2.05) is 0 Å². The predicted molar refractivity (Wildman–Crippen MR) is 404 cm³/mol. The van der Waals surface area contributed by atoms with Gasteiger partial charge in [0.05, 0.1) is 81.7 Å². The van der Waals surface area contributed by atoms with Crippen LogP contribution in [0.15, 0.2) is 133 Å². The predicted octanol–water partition coefficient (Wildman–Crippen LogP) is 19.6. The van der Waals surface area contributed by atoms with Crippen molar-refractivity contribution in [1.82, 2.24) is 0 Å². The van der Waals surface area contributed by atoms with Crippen LogP contribution in [0.4, 0.5) is 0 Å². The third-order valence-corrected chi connectivity index (χ3v) is 19.5. The molecule has 19 nitrogen and oxygen atoms in total. The Bertz CT molecular complexity index is 3400. The second kappa shape index (κ2) is 49.7. The van der Waals surface area contributed by atoms with Crippen LogP contribution in [0.25, 0.3) is 0 Å². The van der Waals surface area contributed by atoms with E-state index >= 15 is 0 Å². The zero-order valence-electron chi connectivity index (χ0n) is 62.8. The van der Waals surface area contributed by atoms with Gasteiger partial charge in [0.15, 0.2) is 0 Å². The summed E-state index contributed by atoms with van der Waals surface area (Å²) in [6, 6.07) is 33.1. The summed E-state index contributed by atoms with van der Waals surface area (Å²) >= 11 is 0. The Kier molecular flexibility index (Phi) is 39.5. The monoisotopic (exact) mass is 1460 g/mol. The van der Waals surface area contributed by atoms with Crippen molar-refractivity contribution in [1.29, 1.82) is 0 Å². The Balaban J connectivity index is 0.585. The number of hydrogen-bond acceptors (Lipinski definition) is 19. The van der Waals surface area contributed by atoms with Gasteiger partial charge in [-0.2, -0.15) is 0 Å². The number of hydrogen-bond donors (Lipinski definition) is 0. The summed E-state index contributed by atoms with van der Waals surface area (Å²) in [5, 5.41) is 0. The van der Waals surface area contributed by atoms with Crippen molar-refractivity contribution < 1.29 is 90.5 Å². The molecule has 2 aliphatic carbocycles. The Labute approximate surface area is 627 Å². The molecule has 19 heteroatoms. The average Bonchev–Trinajstić information content (AvgIpc) is 0.867. The van der Waals surface area contributed by atoms with Gasteiger partial charge in [-0.1, -0.05) is 103 Å². The summed E-state index contributed by atoms with van der Waals surface area (Å²) < 4.78 is 61.1. The fourth-order valence-electron chi connectivity index (χ4n) is 13.1. The maximum absolute atomic E-state index is 13.1. The van der Waals surface area contributed by atoms with Crippen molar-refractivity contribution in [2.75, 3.05) is 46.2 Å². The molecule has 5 aromatic rings. The minimum atomic E-state index is -0.542. The molecular weight excluding hydrogens is 1350 g/mol. The zero-order chi connectivity index (χ0) is 75.2. The lowest BCUT2D eigenvalue weighted by molar-refractivity contribution is -0.150. The molecule has 2 aliphatic rings. The van der Waals surface area contributed by atoms with Crippen molar-refractivity contribution in [3.05, 3.63) is 150 Å². The van der Waals surface area contributed by atoms with E-state index in [1.54, 1.807) is 128 Å². The number of esters is 8. The van der Waals surface area contributed by atoms with Crippen LogP contribution in [0.2, 0.25) is 0 Å². The molecule has 5 aromatic carbocycles. The SMILES string of the molecule is C=C(C)C(=O)OCCCCCCOc1ccc(C(=O)Oc2ccc(OC(=O)c3ccc(OCCCCCCCCOC(=O)CCCCCOC(=O)CCC(=O)OCCCCCCCCOc4ccc(C(=O)Oc5ccc(OC(=O)C6CCC(C7CCC(CCCCC)CC7)CC6)cc5)cc4)cc3)cc2)cc1. The van der Waals surface area contributed by atoms with Crippen molar-refractivity contribution in [3.8, 4) is 40.2 Å². The van der Waals surface area contributed by atoms with Crippen LogP contribution < -0.4 is 33.2 Å². The lowest BCUT2D eigenvalue weighted by atomic mass is 9.68. The molecule has 0 spiro atoms. The van der Waals surface area contributed by atoms with Gasteiger partial charge in [0.1, 0.15) is 40.2 Å². The summed E-state index contributed by atoms with van der Waals surface area (Å²) in [6.07, 6.45) is 31.7. The lowest BCUT2D eigenvalue weighted by Crippen LogP contribution is -2.30. The number of rotatable bonds is 51. The van der Waals surface area contributed by atoms with Crippen LogP contribution in [-0.4, -0.2) is 94.0 Å². The summed E-state index contributed by atoms with van der Waals surface area (Å²) in [7, 11) is 0. The van der Waals surface area contributed by atoms with Gasteiger partial charge in [-0.25, -0.2) is 19.2 Å². The molecule has 2 fully saturated rings. The molecule has 0 unspecified atom stereocenters. The van der Waals surface area contributed by atoms with E-state index in [2.05, 4.69) is 13.5 Å². The first-order valence-corrected chi connectivity index (χ1v) is 39.2. The third kappa shape index (κ3) is 34.1. The molecule has 0 aliphatic heterocycles. The molecule has 0 bridgehead atoms. The highest BCUT2D eigenvalue weighted by molar-refractivity contribution is 5.93. The first-order valence-electron chi connectivity index (χ1n) is 39.2. The molecule has 0 N–H and O–H groups in total. The molecular formula is C87H114O19. The van der Waals surface area contributed by atoms with Crippen molar-refractivity contribution in [3.63, 3.8) is 0 Å². The molecule has 0 amide bonds. The van der Waals surface area contributed by atoms with Crippen LogP contribution in [0.5, 0.6) is 40.2 Å². The Morgan fingerprint density at radius 1 is 0.321 bits per heavy atom. The standard InChI is InChI=1S/C87H114O19/c1-4-5-17-26-66-28-30-67(31-29-66)68-32-34-69(35-33-68)84(92)103-76-48-50-77(51-49-76)104-85(93)70-36-42-74(43-37-70)97-59-20-11-7-9-13-23-62-100-81(89)56-57-82(90)101-63-25-16-18-27-80(88)99-61-22-12-8-6-10-19-58-96-73-44-38-71(39-45-73)86(94)105-78-52-54-79(55-53-78)106-87(95)72-40-46-75(47-41-72)98-60-21-14-15-24-64-102-83(91)65(2)3/h36-55,66-69H,2,4-35,56-64H2,1,3H3. The highest BCUT2D eigenvalue weighted by Crippen LogP contribution is 2.43. The van der Waals surface area contributed by atoms with Gasteiger partial charge >= 0.3 is 47.8 Å². The highest BCUT2D eigenvalue weighted by atomic mass is 16.6. The first kappa shape index (κ1) is 84.3. The number of unbranched alkanes of at least 4 members (excludes halogenated alkanes) is 17. The van der Waals surface area contributed by atoms with Crippen molar-refractivity contribution >= 4 is 47.8 Å². The lowest BCUT2D eigenvalue weighted by Gasteiger charge is -2.37. The first-order chi connectivity index (χ1) is 51.7. The summed E-state index contributed by atoms with van der Waals surface area (Å²) in [6.45, 7) is 10.4. The van der Waals surface area contributed by atoms with E-state index in [0.717, 1.165) is 146 Å². The molecule has 0 radical (unpaired) electrons.